The number of hydrogen-bond acceptors (Lipinski definition) is 1. The molecular weight excluding hydrogens is 327 g/mol. The number of thiophene rings is 1. The van der Waals surface area contributed by atoms with Crippen LogP contribution in [-0.4, -0.2) is 0 Å². The first-order valence-electron chi connectivity index (χ1n) is 4.78. The monoisotopic (exact) mass is 334 g/mol. The Morgan fingerprint density at radius 2 is 2.12 bits per heavy atom. The molecule has 0 aliphatic heterocycles. The molecule has 1 aromatic heterocycles. The molecule has 84 valence electrons. The zero-order valence-electron chi connectivity index (χ0n) is 8.29. The summed E-state index contributed by atoms with van der Waals surface area (Å²) in [5.41, 5.74) is 0.978. The summed E-state index contributed by atoms with van der Waals surface area (Å²) in [5, 5.41) is 2.70. The molecule has 16 heavy (non-hydrogen) atoms. The van der Waals surface area contributed by atoms with Crippen molar-refractivity contribution in [2.24, 2.45) is 0 Å². The van der Waals surface area contributed by atoms with Gasteiger partial charge in [-0.15, -0.1) is 22.9 Å². The van der Waals surface area contributed by atoms with Crippen LogP contribution in [0.2, 0.25) is 5.02 Å². The van der Waals surface area contributed by atoms with E-state index in [1.807, 2.05) is 24.3 Å². The summed E-state index contributed by atoms with van der Waals surface area (Å²) in [7, 11) is 0. The lowest BCUT2D eigenvalue weighted by Gasteiger charge is -2.11. The largest absolute Gasteiger partial charge is 0.149 e. The molecule has 0 aliphatic carbocycles. The minimum Gasteiger partial charge on any atom is -0.149 e. The third-order valence-electron chi connectivity index (χ3n) is 2.26. The van der Waals surface area contributed by atoms with Crippen LogP contribution in [0.25, 0.3) is 0 Å². The van der Waals surface area contributed by atoms with E-state index in [9.17, 15) is 0 Å². The van der Waals surface area contributed by atoms with Crippen molar-refractivity contribution in [3.8, 4) is 0 Å². The van der Waals surface area contributed by atoms with Gasteiger partial charge in [-0.1, -0.05) is 33.6 Å². The van der Waals surface area contributed by atoms with Gasteiger partial charge in [-0.25, -0.2) is 0 Å². The maximum Gasteiger partial charge on any atom is 0.0648 e. The lowest BCUT2D eigenvalue weighted by atomic mass is 10.1. The molecule has 1 aromatic carbocycles. The molecule has 0 radical (unpaired) electrons. The molecule has 0 fully saturated rings. The first-order chi connectivity index (χ1) is 7.66. The molecule has 1 unspecified atom stereocenters. The second-order valence-corrected chi connectivity index (χ2v) is 6.30. The molecule has 0 saturated carbocycles. The molecular formula is C12H9BrCl2S. The number of rotatable bonds is 3. The molecule has 1 atom stereocenters. The minimum atomic E-state index is -0.0800. The Kier molecular flexibility index (Phi) is 4.31. The molecule has 0 N–H and O–H groups in total. The van der Waals surface area contributed by atoms with E-state index < -0.39 is 0 Å². The van der Waals surface area contributed by atoms with Gasteiger partial charge in [0, 0.05) is 20.8 Å². The quantitative estimate of drug-likeness (QED) is 0.632. The minimum absolute atomic E-state index is 0.0800. The van der Waals surface area contributed by atoms with E-state index in [0.29, 0.717) is 0 Å². The highest BCUT2D eigenvalue weighted by atomic mass is 79.9. The summed E-state index contributed by atoms with van der Waals surface area (Å²) in [6.45, 7) is 0. The topological polar surface area (TPSA) is 0 Å². The average Bonchev–Trinajstić information content (AvgIpc) is 2.74. The van der Waals surface area contributed by atoms with Crippen LogP contribution in [0.15, 0.2) is 40.2 Å². The molecule has 4 heteroatoms. The maximum absolute atomic E-state index is 6.38. The molecule has 2 rings (SSSR count). The Bertz CT molecular complexity index is 468. The predicted molar refractivity (Wildman–Crippen MR) is 75.8 cm³/mol. The molecule has 0 amide bonds. The Morgan fingerprint density at radius 1 is 1.31 bits per heavy atom. The number of hydrogen-bond donors (Lipinski definition) is 0. The van der Waals surface area contributed by atoms with Crippen LogP contribution in [0.4, 0.5) is 0 Å². The van der Waals surface area contributed by atoms with E-state index >= 15 is 0 Å². The van der Waals surface area contributed by atoms with Crippen LogP contribution in [0, 0.1) is 0 Å². The molecule has 1 heterocycles. The van der Waals surface area contributed by atoms with Crippen LogP contribution >= 0.6 is 50.5 Å². The Balaban J connectivity index is 2.20. The van der Waals surface area contributed by atoms with E-state index in [1.54, 1.807) is 11.3 Å². The lowest BCUT2D eigenvalue weighted by Crippen LogP contribution is -1.95. The average molecular weight is 336 g/mol. The van der Waals surface area contributed by atoms with Gasteiger partial charge in [0.25, 0.3) is 0 Å². The van der Waals surface area contributed by atoms with Crippen molar-refractivity contribution in [1.29, 1.82) is 0 Å². The van der Waals surface area contributed by atoms with Crippen molar-refractivity contribution in [3.05, 3.63) is 55.6 Å². The zero-order valence-corrected chi connectivity index (χ0v) is 12.2. The number of benzene rings is 1. The van der Waals surface area contributed by atoms with Gasteiger partial charge >= 0.3 is 0 Å². The van der Waals surface area contributed by atoms with Crippen molar-refractivity contribution in [2.75, 3.05) is 0 Å². The highest BCUT2D eigenvalue weighted by Gasteiger charge is 2.13. The van der Waals surface area contributed by atoms with Crippen molar-refractivity contribution in [3.63, 3.8) is 0 Å². The molecule has 0 saturated heterocycles. The van der Waals surface area contributed by atoms with Crippen molar-refractivity contribution >= 4 is 50.5 Å². The SMILES string of the molecule is Clc1ccc(Br)cc1C(Cl)Cc1cccs1. The first-order valence-corrected chi connectivity index (χ1v) is 7.27. The van der Waals surface area contributed by atoms with Crippen LogP contribution < -0.4 is 0 Å². The number of alkyl halides is 1. The summed E-state index contributed by atoms with van der Waals surface area (Å²) < 4.78 is 1.00. The molecule has 0 spiro atoms. The zero-order chi connectivity index (χ0) is 11.5. The smallest absolute Gasteiger partial charge is 0.0648 e. The van der Waals surface area contributed by atoms with Gasteiger partial charge in [0.2, 0.25) is 0 Å². The third kappa shape index (κ3) is 3.01. The van der Waals surface area contributed by atoms with Gasteiger partial charge in [-0.05, 0) is 35.2 Å². The van der Waals surface area contributed by atoms with Gasteiger partial charge < -0.3 is 0 Å². The Labute approximate surface area is 117 Å². The summed E-state index contributed by atoms with van der Waals surface area (Å²) >= 11 is 17.7. The lowest BCUT2D eigenvalue weighted by molar-refractivity contribution is 0.937. The van der Waals surface area contributed by atoms with Crippen LogP contribution in [0.5, 0.6) is 0 Å². The molecule has 0 bridgehead atoms. The first kappa shape index (κ1) is 12.4. The standard InChI is InChI=1S/C12H9BrCl2S/c13-8-3-4-11(14)10(6-8)12(15)7-9-2-1-5-16-9/h1-6,12H,7H2. The molecule has 0 nitrogen and oxygen atoms in total. The fraction of sp³-hybridized carbons (Fsp3) is 0.167. The second kappa shape index (κ2) is 5.54. The van der Waals surface area contributed by atoms with Gasteiger partial charge in [0.1, 0.15) is 0 Å². The molecule has 2 aromatic rings. The third-order valence-corrected chi connectivity index (χ3v) is 4.38. The Hall–Kier alpha value is -0.0200. The molecule has 0 aliphatic rings. The summed E-state index contributed by atoms with van der Waals surface area (Å²) in [6, 6.07) is 9.89. The van der Waals surface area contributed by atoms with Gasteiger partial charge in [0.05, 0.1) is 5.38 Å². The Morgan fingerprint density at radius 3 is 2.81 bits per heavy atom. The summed E-state index contributed by atoms with van der Waals surface area (Å²) in [4.78, 5) is 1.27. The normalized spacial score (nSPS) is 12.7. The van der Waals surface area contributed by atoms with E-state index in [1.165, 1.54) is 4.88 Å². The highest BCUT2D eigenvalue weighted by molar-refractivity contribution is 9.10. The van der Waals surface area contributed by atoms with Crippen LogP contribution in [0.3, 0.4) is 0 Å². The van der Waals surface area contributed by atoms with Crippen molar-refractivity contribution in [1.82, 2.24) is 0 Å². The van der Waals surface area contributed by atoms with Gasteiger partial charge in [-0.2, -0.15) is 0 Å². The van der Waals surface area contributed by atoms with E-state index in [4.69, 9.17) is 23.2 Å². The van der Waals surface area contributed by atoms with E-state index in [2.05, 4.69) is 27.4 Å². The number of halogens is 3. The van der Waals surface area contributed by atoms with Crippen molar-refractivity contribution < 1.29 is 0 Å². The van der Waals surface area contributed by atoms with Gasteiger partial charge in [-0.3, -0.25) is 0 Å². The van der Waals surface area contributed by atoms with Crippen molar-refractivity contribution in [2.45, 2.75) is 11.8 Å². The van der Waals surface area contributed by atoms with Crippen LogP contribution in [-0.2, 0) is 6.42 Å². The fourth-order valence-corrected chi connectivity index (χ4v) is 3.34. The van der Waals surface area contributed by atoms with E-state index in [0.717, 1.165) is 21.5 Å². The second-order valence-electron chi connectivity index (χ2n) is 3.42. The van der Waals surface area contributed by atoms with E-state index in [-0.39, 0.29) is 5.38 Å². The summed E-state index contributed by atoms with van der Waals surface area (Å²) in [6.07, 6.45) is 0.815. The van der Waals surface area contributed by atoms with Gasteiger partial charge in [0.15, 0.2) is 0 Å². The highest BCUT2D eigenvalue weighted by Crippen LogP contribution is 2.33. The maximum atomic E-state index is 6.38. The van der Waals surface area contributed by atoms with Crippen LogP contribution in [0.1, 0.15) is 15.8 Å². The predicted octanol–water partition coefficient (Wildman–Crippen LogP) is 5.69. The fourth-order valence-electron chi connectivity index (χ4n) is 1.47. The summed E-state index contributed by atoms with van der Waals surface area (Å²) in [5.74, 6) is 0.